The number of rotatable bonds is 11. The Balaban J connectivity index is 1.000. The Labute approximate surface area is 352 Å². The summed E-state index contributed by atoms with van der Waals surface area (Å²) in [5.41, 5.74) is 8.18. The van der Waals surface area contributed by atoms with Crippen LogP contribution in [0.15, 0.2) is 167 Å². The number of hydrogen-bond acceptors (Lipinski definition) is 10. The molecule has 6 aromatic rings. The first kappa shape index (κ1) is 38.5. The van der Waals surface area contributed by atoms with Crippen LogP contribution in [0.2, 0.25) is 0 Å². The number of nitrogens with zero attached hydrogens (tertiary/aromatic N) is 4. The Hall–Kier alpha value is -7.03. The number of carbonyl (C=O) groups is 4. The van der Waals surface area contributed by atoms with Gasteiger partial charge in [-0.1, -0.05) is 126 Å². The molecule has 298 valence electrons. The number of amides is 3. The molecule has 3 aliphatic rings. The monoisotopic (exact) mass is 832 g/mol. The third kappa shape index (κ3) is 6.88. The molecule has 3 aliphatic heterocycles. The van der Waals surface area contributed by atoms with Crippen LogP contribution < -0.4 is 16.0 Å². The van der Waals surface area contributed by atoms with E-state index in [0.717, 1.165) is 44.5 Å². The number of carbonyl (C=O) groups excluding carboxylic acids is 3. The van der Waals surface area contributed by atoms with Crippen LogP contribution in [0.4, 0.5) is 10.8 Å². The maximum absolute atomic E-state index is 14.3. The van der Waals surface area contributed by atoms with Gasteiger partial charge in [-0.3, -0.25) is 19.3 Å². The lowest BCUT2D eigenvalue weighted by Crippen LogP contribution is -2.71. The van der Waals surface area contributed by atoms with Crippen LogP contribution in [0.5, 0.6) is 0 Å². The van der Waals surface area contributed by atoms with Gasteiger partial charge in [-0.15, -0.1) is 23.1 Å². The minimum Gasteiger partial charge on any atom is -0.477 e. The van der Waals surface area contributed by atoms with Crippen molar-refractivity contribution in [2.45, 2.75) is 23.4 Å². The van der Waals surface area contributed by atoms with Crippen molar-refractivity contribution in [3.8, 4) is 0 Å². The molecule has 0 aliphatic carbocycles. The molecule has 12 nitrogen and oxygen atoms in total. The molecule has 0 unspecified atom stereocenters. The first-order valence-corrected chi connectivity index (χ1v) is 21.0. The van der Waals surface area contributed by atoms with Gasteiger partial charge < -0.3 is 25.9 Å². The molecule has 4 N–H and O–H groups in total. The average molecular weight is 833 g/mol. The molecule has 2 saturated heterocycles. The fraction of sp³-hybridized carbons (Fsp3) is 0.130. The van der Waals surface area contributed by atoms with Crippen LogP contribution in [0.25, 0.3) is 10.8 Å². The number of carboxylic acid groups (broad SMARTS) is 1. The van der Waals surface area contributed by atoms with E-state index in [4.69, 9.17) is 10.6 Å². The van der Waals surface area contributed by atoms with Crippen molar-refractivity contribution in [2.75, 3.05) is 22.9 Å². The molecule has 0 spiro atoms. The summed E-state index contributed by atoms with van der Waals surface area (Å²) in [6, 6.07) is 41.2. The van der Waals surface area contributed by atoms with Gasteiger partial charge >= 0.3 is 5.97 Å². The molecule has 9 rings (SSSR count). The third-order valence-electron chi connectivity index (χ3n) is 10.8. The average Bonchev–Trinajstić information content (AvgIpc) is 3.88. The van der Waals surface area contributed by atoms with Crippen LogP contribution in [-0.2, 0) is 29.6 Å². The summed E-state index contributed by atoms with van der Waals surface area (Å²) in [7, 11) is 0. The summed E-state index contributed by atoms with van der Waals surface area (Å²) in [6.45, 7) is 0.437. The molecule has 0 radical (unpaired) electrons. The van der Waals surface area contributed by atoms with Crippen molar-refractivity contribution in [3.63, 3.8) is 0 Å². The van der Waals surface area contributed by atoms with E-state index >= 15 is 0 Å². The number of oxime groups is 1. The highest BCUT2D eigenvalue weighted by molar-refractivity contribution is 8.00. The number of allylic oxidation sites excluding steroid dienone is 1. The lowest BCUT2D eigenvalue weighted by Gasteiger charge is -2.49. The topological polar surface area (TPSA) is 168 Å². The molecule has 1 aromatic heterocycles. The van der Waals surface area contributed by atoms with Gasteiger partial charge in [0.15, 0.2) is 10.8 Å². The maximum Gasteiger partial charge on any atom is 0.352 e. The molecule has 2 fully saturated rings. The van der Waals surface area contributed by atoms with E-state index in [1.165, 1.54) is 16.7 Å². The van der Waals surface area contributed by atoms with E-state index in [1.807, 2.05) is 133 Å². The summed E-state index contributed by atoms with van der Waals surface area (Å²) in [6.07, 6.45) is 2.01. The fourth-order valence-electron chi connectivity index (χ4n) is 7.90. The summed E-state index contributed by atoms with van der Waals surface area (Å²) in [5.74, 6) is -2.72. The number of hydrogen-bond donors (Lipinski definition) is 3. The molecule has 4 heterocycles. The number of fused-ring (bicyclic) bond motifs is 2. The van der Waals surface area contributed by atoms with E-state index in [1.54, 1.807) is 16.4 Å². The number of nitrogen functional groups attached to an aromatic ring is 1. The molecule has 5 aromatic carbocycles. The van der Waals surface area contributed by atoms with Gasteiger partial charge in [0.1, 0.15) is 22.8 Å². The third-order valence-corrected chi connectivity index (χ3v) is 12.8. The van der Waals surface area contributed by atoms with Gasteiger partial charge in [0.2, 0.25) is 5.60 Å². The summed E-state index contributed by atoms with van der Waals surface area (Å²) in [4.78, 5) is 68.4. The van der Waals surface area contributed by atoms with Gasteiger partial charge in [-0.05, 0) is 41.0 Å². The number of anilines is 2. The summed E-state index contributed by atoms with van der Waals surface area (Å²) >= 11 is 2.41. The van der Waals surface area contributed by atoms with E-state index in [0.29, 0.717) is 24.1 Å². The second-order valence-electron chi connectivity index (χ2n) is 14.3. The van der Waals surface area contributed by atoms with Crippen molar-refractivity contribution in [2.24, 2.45) is 5.16 Å². The lowest BCUT2D eigenvalue weighted by molar-refractivity contribution is -0.150. The number of thiazole rings is 1. The van der Waals surface area contributed by atoms with E-state index in [-0.39, 0.29) is 33.9 Å². The van der Waals surface area contributed by atoms with Crippen LogP contribution in [0, 0.1) is 0 Å². The first-order chi connectivity index (χ1) is 29.2. The first-order valence-electron chi connectivity index (χ1n) is 19.1. The zero-order valence-electron chi connectivity index (χ0n) is 31.8. The number of β-lactam (4-membered cyclic amide) rings is 1. The standard InChI is InChI=1S/C46H36N6O6S2/c47-45-48-36(27-60-45)37(50-58-46(32-14-4-1-5-15-32,33-16-6-2-7-17-33)34-18-8-3-9-19-34)40(53)49-38-42(55)52-39(44(56)57)31(26-59-43(38)52)24-30-22-23-51(41(30)54)35-21-20-28-12-10-11-13-29(28)25-35/h1-21,24-25,27,38,43H,22-23,26H2,(H2,47,48)(H,49,53)(H,56,57)/t38-,43-/m1/s1. The zero-order chi connectivity index (χ0) is 41.4. The number of thioether (sulfide) groups is 1. The van der Waals surface area contributed by atoms with Gasteiger partial charge in [0, 0.05) is 45.6 Å². The van der Waals surface area contributed by atoms with Crippen molar-refractivity contribution in [1.29, 1.82) is 0 Å². The zero-order valence-corrected chi connectivity index (χ0v) is 33.4. The highest BCUT2D eigenvalue weighted by Crippen LogP contribution is 2.43. The summed E-state index contributed by atoms with van der Waals surface area (Å²) < 4.78 is 0. The predicted molar refractivity (Wildman–Crippen MR) is 232 cm³/mol. The Bertz CT molecular complexity index is 2660. The Morgan fingerprint density at radius 1 is 0.867 bits per heavy atom. The smallest absolute Gasteiger partial charge is 0.352 e. The minimum atomic E-state index is -1.32. The van der Waals surface area contributed by atoms with Gasteiger partial charge in [0.25, 0.3) is 17.7 Å². The molecule has 14 heteroatoms. The molecule has 60 heavy (non-hydrogen) atoms. The van der Waals surface area contributed by atoms with Crippen LogP contribution >= 0.6 is 23.1 Å². The second kappa shape index (κ2) is 16.0. The SMILES string of the molecule is Nc1nc(C(=NOC(c2ccccc2)(c2ccccc2)c2ccccc2)C(=O)N[C@@H]2C(=O)N3C(C(=O)O)=C(C=C4CCN(c5ccc6ccccc6c5)C4=O)CS[C@H]23)cs1. The summed E-state index contributed by atoms with van der Waals surface area (Å²) in [5, 5.41) is 20.8. The molecule has 0 saturated carbocycles. The minimum absolute atomic E-state index is 0.136. The highest BCUT2D eigenvalue weighted by atomic mass is 32.2. The highest BCUT2D eigenvalue weighted by Gasteiger charge is 2.54. The fourth-order valence-corrected chi connectivity index (χ4v) is 9.76. The van der Waals surface area contributed by atoms with Crippen LogP contribution in [0.3, 0.4) is 0 Å². The van der Waals surface area contributed by atoms with Crippen molar-refractivity contribution in [1.82, 2.24) is 15.2 Å². The molecular formula is C46H36N6O6S2. The lowest BCUT2D eigenvalue weighted by atomic mass is 9.80. The predicted octanol–water partition coefficient (Wildman–Crippen LogP) is 6.69. The molecule has 3 amide bonds. The molecule has 2 atom stereocenters. The van der Waals surface area contributed by atoms with E-state index < -0.39 is 34.8 Å². The van der Waals surface area contributed by atoms with Crippen molar-refractivity contribution in [3.05, 3.63) is 184 Å². The van der Waals surface area contributed by atoms with Crippen molar-refractivity contribution >= 4 is 74.1 Å². The molecule has 0 bridgehead atoms. The number of nitrogens with one attached hydrogen (secondary N) is 1. The maximum atomic E-state index is 14.3. The number of aliphatic carboxylic acids is 1. The quantitative estimate of drug-likeness (QED) is 0.0424. The molecular weight excluding hydrogens is 797 g/mol. The number of carboxylic acids is 1. The number of aromatic nitrogens is 1. The van der Waals surface area contributed by atoms with Gasteiger partial charge in [0.05, 0.1) is 0 Å². The van der Waals surface area contributed by atoms with Gasteiger partial charge in [-0.2, -0.15) is 0 Å². The number of benzene rings is 5. The second-order valence-corrected chi connectivity index (χ2v) is 16.3. The van der Waals surface area contributed by atoms with E-state index in [2.05, 4.69) is 15.5 Å². The van der Waals surface area contributed by atoms with Gasteiger partial charge in [-0.25, -0.2) is 9.78 Å². The van der Waals surface area contributed by atoms with E-state index in [9.17, 15) is 24.3 Å². The number of nitrogens with two attached hydrogens (primary N) is 1. The Morgan fingerprint density at radius 2 is 1.48 bits per heavy atom. The van der Waals surface area contributed by atoms with Crippen LogP contribution in [0.1, 0.15) is 28.8 Å². The normalized spacial score (nSPS) is 18.7. The largest absolute Gasteiger partial charge is 0.477 e. The van der Waals surface area contributed by atoms with Crippen LogP contribution in [-0.4, -0.2) is 68.1 Å². The Morgan fingerprint density at radius 3 is 2.08 bits per heavy atom. The Kier molecular flexibility index (Phi) is 10.2. The van der Waals surface area contributed by atoms with Crippen molar-refractivity contribution < 1.29 is 29.1 Å².